The average Bonchev–Trinajstić information content (AvgIpc) is 2.75. The van der Waals surface area contributed by atoms with Gasteiger partial charge in [-0.3, -0.25) is 0 Å². The van der Waals surface area contributed by atoms with Crippen molar-refractivity contribution in [2.45, 2.75) is 32.9 Å². The van der Waals surface area contributed by atoms with Crippen molar-refractivity contribution in [1.29, 1.82) is 0 Å². The highest BCUT2D eigenvalue weighted by atomic mass is 79.9. The molecule has 2 atom stereocenters. The first-order valence-electron chi connectivity index (χ1n) is 6.10. The van der Waals surface area contributed by atoms with E-state index in [0.717, 1.165) is 15.0 Å². The number of aryl methyl sites for hydroxylation is 1. The Morgan fingerprint density at radius 3 is 2.63 bits per heavy atom. The van der Waals surface area contributed by atoms with E-state index < -0.39 is 0 Å². The van der Waals surface area contributed by atoms with Gasteiger partial charge in [-0.05, 0) is 38.5 Å². The number of hydrogen-bond acceptors (Lipinski definition) is 3. The second-order valence-electron chi connectivity index (χ2n) is 4.59. The van der Waals surface area contributed by atoms with E-state index in [2.05, 4.69) is 40.1 Å². The van der Waals surface area contributed by atoms with Gasteiger partial charge < -0.3 is 5.32 Å². The molecule has 1 N–H and O–H groups in total. The third-order valence-electron chi connectivity index (χ3n) is 2.94. The van der Waals surface area contributed by atoms with Gasteiger partial charge >= 0.3 is 0 Å². The zero-order valence-electron chi connectivity index (χ0n) is 11.1. The van der Waals surface area contributed by atoms with Gasteiger partial charge in [-0.1, -0.05) is 22.0 Å². The molecule has 0 bridgehead atoms. The third-order valence-corrected chi connectivity index (χ3v) is 4.72. The second-order valence-corrected chi connectivity index (χ2v) is 6.71. The summed E-state index contributed by atoms with van der Waals surface area (Å²) >= 11 is 5.10. The van der Waals surface area contributed by atoms with Crippen LogP contribution in [0.25, 0.3) is 0 Å². The smallest absolute Gasteiger partial charge is 0.124 e. The van der Waals surface area contributed by atoms with Crippen molar-refractivity contribution in [3.8, 4) is 0 Å². The van der Waals surface area contributed by atoms with E-state index in [0.29, 0.717) is 0 Å². The highest BCUT2D eigenvalue weighted by Gasteiger charge is 2.15. The number of hydrogen-bond donors (Lipinski definition) is 1. The number of nitrogens with zero attached hydrogens (tertiary/aromatic N) is 1. The molecule has 0 saturated carbocycles. The molecule has 0 radical (unpaired) electrons. The van der Waals surface area contributed by atoms with E-state index in [9.17, 15) is 4.39 Å². The Balaban J connectivity index is 2.10. The third kappa shape index (κ3) is 3.61. The SMILES string of the molecule is Cc1cnc(C(C)NC(C)c2ccc(F)cc2Br)s1. The number of nitrogens with one attached hydrogen (secondary N) is 1. The summed E-state index contributed by atoms with van der Waals surface area (Å²) in [6.45, 7) is 6.20. The lowest BCUT2D eigenvalue weighted by Crippen LogP contribution is -2.22. The van der Waals surface area contributed by atoms with Crippen LogP contribution in [0, 0.1) is 12.7 Å². The molecule has 19 heavy (non-hydrogen) atoms. The molecular weight excluding hydrogens is 327 g/mol. The summed E-state index contributed by atoms with van der Waals surface area (Å²) in [5.74, 6) is -0.230. The summed E-state index contributed by atoms with van der Waals surface area (Å²) < 4.78 is 13.9. The van der Waals surface area contributed by atoms with Gasteiger partial charge in [0.1, 0.15) is 10.8 Å². The van der Waals surface area contributed by atoms with Crippen molar-refractivity contribution in [2.75, 3.05) is 0 Å². The lowest BCUT2D eigenvalue weighted by atomic mass is 10.1. The van der Waals surface area contributed by atoms with Crippen LogP contribution in [0.5, 0.6) is 0 Å². The van der Waals surface area contributed by atoms with E-state index in [1.54, 1.807) is 17.4 Å². The Morgan fingerprint density at radius 2 is 2.05 bits per heavy atom. The lowest BCUT2D eigenvalue weighted by molar-refractivity contribution is 0.491. The van der Waals surface area contributed by atoms with Crippen LogP contribution in [0.4, 0.5) is 4.39 Å². The summed E-state index contributed by atoms with van der Waals surface area (Å²) in [5.41, 5.74) is 1.04. The second kappa shape index (κ2) is 6.11. The van der Waals surface area contributed by atoms with Crippen LogP contribution in [0.3, 0.4) is 0 Å². The first-order valence-corrected chi connectivity index (χ1v) is 7.71. The van der Waals surface area contributed by atoms with Gasteiger partial charge in [-0.25, -0.2) is 9.37 Å². The van der Waals surface area contributed by atoms with Gasteiger partial charge in [-0.15, -0.1) is 11.3 Å². The van der Waals surface area contributed by atoms with Crippen LogP contribution in [0.1, 0.15) is 41.4 Å². The first kappa shape index (κ1) is 14.6. The Morgan fingerprint density at radius 1 is 1.32 bits per heavy atom. The van der Waals surface area contributed by atoms with Gasteiger partial charge in [0, 0.05) is 21.6 Å². The maximum absolute atomic E-state index is 13.1. The van der Waals surface area contributed by atoms with Gasteiger partial charge in [0.25, 0.3) is 0 Å². The topological polar surface area (TPSA) is 24.9 Å². The molecule has 2 unspecified atom stereocenters. The van der Waals surface area contributed by atoms with Crippen LogP contribution in [-0.2, 0) is 0 Å². The van der Waals surface area contributed by atoms with Gasteiger partial charge in [0.15, 0.2) is 0 Å². The fraction of sp³-hybridized carbons (Fsp3) is 0.357. The van der Waals surface area contributed by atoms with Gasteiger partial charge in [-0.2, -0.15) is 0 Å². The van der Waals surface area contributed by atoms with Crippen LogP contribution in [0.15, 0.2) is 28.9 Å². The van der Waals surface area contributed by atoms with E-state index >= 15 is 0 Å². The Labute approximate surface area is 125 Å². The van der Waals surface area contributed by atoms with Crippen molar-refractivity contribution in [1.82, 2.24) is 10.3 Å². The molecule has 2 nitrogen and oxygen atoms in total. The summed E-state index contributed by atoms with van der Waals surface area (Å²) in [6, 6.07) is 5.07. The molecule has 0 spiro atoms. The molecule has 0 aliphatic carbocycles. The van der Waals surface area contributed by atoms with Crippen LogP contribution >= 0.6 is 27.3 Å². The maximum Gasteiger partial charge on any atom is 0.124 e. The average molecular weight is 343 g/mol. The molecule has 0 aliphatic rings. The summed E-state index contributed by atoms with van der Waals surface area (Å²) in [6.07, 6.45) is 1.89. The maximum atomic E-state index is 13.1. The monoisotopic (exact) mass is 342 g/mol. The van der Waals surface area contributed by atoms with Crippen LogP contribution in [0.2, 0.25) is 0 Å². The van der Waals surface area contributed by atoms with Crippen molar-refractivity contribution in [3.05, 3.63) is 50.1 Å². The summed E-state index contributed by atoms with van der Waals surface area (Å²) in [4.78, 5) is 5.59. The standard InChI is InChI=1S/C14H16BrFN2S/c1-8-7-17-14(19-8)10(3)18-9(2)12-5-4-11(16)6-13(12)15/h4-7,9-10,18H,1-3H3. The predicted octanol–water partition coefficient (Wildman–Crippen LogP) is 4.76. The fourth-order valence-corrected chi connectivity index (χ4v) is 3.44. The molecule has 5 heteroatoms. The van der Waals surface area contributed by atoms with Crippen LogP contribution in [-0.4, -0.2) is 4.98 Å². The Hall–Kier alpha value is -0.780. The van der Waals surface area contributed by atoms with Gasteiger partial charge in [0.05, 0.1) is 6.04 Å². The summed E-state index contributed by atoms with van der Waals surface area (Å²) in [5, 5.41) is 4.55. The minimum Gasteiger partial charge on any atom is -0.301 e. The molecule has 0 fully saturated rings. The van der Waals surface area contributed by atoms with Crippen molar-refractivity contribution >= 4 is 27.3 Å². The minimum atomic E-state index is -0.230. The fourth-order valence-electron chi connectivity index (χ4n) is 1.96. The first-order chi connectivity index (χ1) is 8.97. The zero-order chi connectivity index (χ0) is 14.0. The number of thiazole rings is 1. The Kier molecular flexibility index (Phi) is 4.71. The highest BCUT2D eigenvalue weighted by Crippen LogP contribution is 2.27. The molecule has 1 heterocycles. The van der Waals surface area contributed by atoms with Crippen molar-refractivity contribution in [2.24, 2.45) is 0 Å². The molecule has 2 aromatic rings. The van der Waals surface area contributed by atoms with E-state index in [-0.39, 0.29) is 17.9 Å². The minimum absolute atomic E-state index is 0.120. The molecule has 0 saturated heterocycles. The Bertz CT molecular complexity index is 570. The highest BCUT2D eigenvalue weighted by molar-refractivity contribution is 9.10. The normalized spacial score (nSPS) is 14.4. The molecule has 1 aromatic heterocycles. The van der Waals surface area contributed by atoms with Crippen LogP contribution < -0.4 is 5.32 Å². The number of benzene rings is 1. The molecule has 0 aliphatic heterocycles. The van der Waals surface area contributed by atoms with Gasteiger partial charge in [0.2, 0.25) is 0 Å². The molecular formula is C14H16BrFN2S. The molecule has 0 amide bonds. The van der Waals surface area contributed by atoms with E-state index in [1.165, 1.54) is 17.0 Å². The van der Waals surface area contributed by atoms with E-state index in [1.807, 2.05) is 13.1 Å². The van der Waals surface area contributed by atoms with Crippen molar-refractivity contribution < 1.29 is 4.39 Å². The molecule has 1 aromatic carbocycles. The number of rotatable bonds is 4. The van der Waals surface area contributed by atoms with E-state index in [4.69, 9.17) is 0 Å². The number of aromatic nitrogens is 1. The largest absolute Gasteiger partial charge is 0.301 e. The molecule has 102 valence electrons. The quantitative estimate of drug-likeness (QED) is 0.865. The number of halogens is 2. The summed E-state index contributed by atoms with van der Waals surface area (Å²) in [7, 11) is 0. The van der Waals surface area contributed by atoms with Crippen molar-refractivity contribution in [3.63, 3.8) is 0 Å². The zero-order valence-corrected chi connectivity index (χ0v) is 13.5. The molecule has 2 rings (SSSR count). The predicted molar refractivity (Wildman–Crippen MR) is 80.9 cm³/mol. The lowest BCUT2D eigenvalue weighted by Gasteiger charge is -2.20.